The normalized spacial score (nSPS) is 21.2. The monoisotopic (exact) mass is 260 g/mol. The summed E-state index contributed by atoms with van der Waals surface area (Å²) < 4.78 is 0. The molecule has 1 amide bonds. The third-order valence-electron chi connectivity index (χ3n) is 3.75. The van der Waals surface area contributed by atoms with Gasteiger partial charge in [0.2, 0.25) is 5.91 Å². The Balaban J connectivity index is 2.48. The van der Waals surface area contributed by atoms with Gasteiger partial charge in [0.05, 0.1) is 5.54 Å². The number of piperazine rings is 1. The third-order valence-corrected chi connectivity index (χ3v) is 3.75. The molecule has 104 valence electrons. The zero-order valence-electron chi connectivity index (χ0n) is 12.8. The summed E-state index contributed by atoms with van der Waals surface area (Å²) in [4.78, 5) is 14.5. The molecule has 0 saturated carbocycles. The molecule has 1 fully saturated rings. The quantitative estimate of drug-likeness (QED) is 0.842. The number of nitrogens with zero attached hydrogens (tertiary/aromatic N) is 1. The average Bonchev–Trinajstić information content (AvgIpc) is 2.22. The number of rotatable bonds is 1. The largest absolute Gasteiger partial charge is 0.355 e. The number of anilines is 1. The van der Waals surface area contributed by atoms with Crippen molar-refractivity contribution in [2.75, 3.05) is 11.4 Å². The van der Waals surface area contributed by atoms with Gasteiger partial charge >= 0.3 is 0 Å². The van der Waals surface area contributed by atoms with Crippen LogP contribution in [0.4, 0.5) is 5.69 Å². The molecule has 0 bridgehead atoms. The number of nitrogens with one attached hydrogen (secondary N) is 1. The van der Waals surface area contributed by atoms with Crippen LogP contribution in [0.15, 0.2) is 18.2 Å². The van der Waals surface area contributed by atoms with E-state index in [-0.39, 0.29) is 11.4 Å². The summed E-state index contributed by atoms with van der Waals surface area (Å²) in [5.74, 6) is 0.0860. The lowest BCUT2D eigenvalue weighted by atomic mass is 9.89. The van der Waals surface area contributed by atoms with Gasteiger partial charge < -0.3 is 10.2 Å². The molecule has 0 aromatic heterocycles. The van der Waals surface area contributed by atoms with Gasteiger partial charge in [-0.2, -0.15) is 0 Å². The number of hydrogen-bond donors (Lipinski definition) is 1. The van der Waals surface area contributed by atoms with Crippen LogP contribution in [0.2, 0.25) is 0 Å². The second-order valence-electron chi connectivity index (χ2n) is 6.83. The molecule has 0 unspecified atom stereocenters. The van der Waals surface area contributed by atoms with Crippen molar-refractivity contribution < 1.29 is 4.79 Å². The molecule has 1 heterocycles. The maximum absolute atomic E-state index is 12.3. The highest BCUT2D eigenvalue weighted by Crippen LogP contribution is 2.31. The number of hydrogen-bond acceptors (Lipinski definition) is 2. The minimum atomic E-state index is -0.518. The van der Waals surface area contributed by atoms with Crippen LogP contribution >= 0.6 is 0 Å². The van der Waals surface area contributed by atoms with E-state index in [9.17, 15) is 4.79 Å². The van der Waals surface area contributed by atoms with Crippen LogP contribution in [0.25, 0.3) is 0 Å². The smallest absolute Gasteiger partial charge is 0.245 e. The molecule has 0 atom stereocenters. The first-order valence-corrected chi connectivity index (χ1v) is 6.80. The van der Waals surface area contributed by atoms with Gasteiger partial charge in [-0.15, -0.1) is 0 Å². The van der Waals surface area contributed by atoms with E-state index in [0.29, 0.717) is 0 Å². The van der Waals surface area contributed by atoms with Gasteiger partial charge in [0.15, 0.2) is 0 Å². The van der Waals surface area contributed by atoms with Gasteiger partial charge in [0.25, 0.3) is 0 Å². The van der Waals surface area contributed by atoms with Crippen molar-refractivity contribution in [2.45, 2.75) is 52.6 Å². The Hall–Kier alpha value is -1.51. The third kappa shape index (κ3) is 2.60. The second-order valence-corrected chi connectivity index (χ2v) is 6.83. The van der Waals surface area contributed by atoms with Crippen LogP contribution in [0, 0.1) is 13.8 Å². The van der Waals surface area contributed by atoms with Crippen LogP contribution in [0.3, 0.4) is 0 Å². The van der Waals surface area contributed by atoms with Crippen LogP contribution < -0.4 is 10.2 Å². The van der Waals surface area contributed by atoms with Gasteiger partial charge in [-0.3, -0.25) is 4.79 Å². The van der Waals surface area contributed by atoms with E-state index in [4.69, 9.17) is 0 Å². The van der Waals surface area contributed by atoms with E-state index in [1.165, 1.54) is 11.1 Å². The number of amides is 1. The number of benzene rings is 1. The Morgan fingerprint density at radius 2 is 1.58 bits per heavy atom. The molecule has 3 heteroatoms. The Morgan fingerprint density at radius 1 is 1.05 bits per heavy atom. The Labute approximate surface area is 116 Å². The van der Waals surface area contributed by atoms with Gasteiger partial charge in [-0.25, -0.2) is 0 Å². The molecule has 2 rings (SSSR count). The molecule has 3 nitrogen and oxygen atoms in total. The van der Waals surface area contributed by atoms with Crippen LogP contribution in [-0.4, -0.2) is 23.5 Å². The SMILES string of the molecule is Cc1cc(C)cc(N2CC(C)(C)NC(=O)C2(C)C)c1. The Bertz CT molecular complexity index is 497. The van der Waals surface area contributed by atoms with E-state index in [0.717, 1.165) is 12.2 Å². The van der Waals surface area contributed by atoms with Crippen molar-refractivity contribution in [3.63, 3.8) is 0 Å². The van der Waals surface area contributed by atoms with Crippen molar-refractivity contribution in [1.29, 1.82) is 0 Å². The zero-order chi connectivity index (χ0) is 14.4. The zero-order valence-corrected chi connectivity index (χ0v) is 12.8. The summed E-state index contributed by atoms with van der Waals surface area (Å²) in [5, 5.41) is 3.09. The van der Waals surface area contributed by atoms with Gasteiger partial charge in [0.1, 0.15) is 5.54 Å². The fourth-order valence-corrected chi connectivity index (χ4v) is 2.74. The molecule has 1 aromatic rings. The highest BCUT2D eigenvalue weighted by molar-refractivity contribution is 5.91. The molecular weight excluding hydrogens is 236 g/mol. The summed E-state index contributed by atoms with van der Waals surface area (Å²) in [6.45, 7) is 13.1. The molecule has 1 aliphatic rings. The van der Waals surface area contributed by atoms with E-state index >= 15 is 0 Å². The summed E-state index contributed by atoms with van der Waals surface area (Å²) in [6, 6.07) is 6.47. The molecule has 19 heavy (non-hydrogen) atoms. The number of carbonyl (C=O) groups is 1. The van der Waals surface area contributed by atoms with Crippen molar-refractivity contribution in [3.05, 3.63) is 29.3 Å². The number of carbonyl (C=O) groups excluding carboxylic acids is 1. The van der Waals surface area contributed by atoms with E-state index in [1.54, 1.807) is 0 Å². The summed E-state index contributed by atoms with van der Waals surface area (Å²) in [7, 11) is 0. The average molecular weight is 260 g/mol. The van der Waals surface area contributed by atoms with Gasteiger partial charge in [-0.05, 0) is 64.8 Å². The van der Waals surface area contributed by atoms with E-state index in [2.05, 4.69) is 56.1 Å². The van der Waals surface area contributed by atoms with Gasteiger partial charge in [-0.1, -0.05) is 6.07 Å². The fraction of sp³-hybridized carbons (Fsp3) is 0.562. The Morgan fingerprint density at radius 3 is 2.11 bits per heavy atom. The van der Waals surface area contributed by atoms with Crippen molar-refractivity contribution in [3.8, 4) is 0 Å². The van der Waals surface area contributed by atoms with E-state index in [1.807, 2.05) is 13.8 Å². The topological polar surface area (TPSA) is 32.3 Å². The summed E-state index contributed by atoms with van der Waals surface area (Å²) in [5.41, 5.74) is 2.87. The van der Waals surface area contributed by atoms with Gasteiger partial charge in [0, 0.05) is 12.2 Å². The van der Waals surface area contributed by atoms with Crippen LogP contribution in [-0.2, 0) is 4.79 Å². The molecular formula is C16H24N2O. The first-order valence-electron chi connectivity index (χ1n) is 6.80. The highest BCUT2D eigenvalue weighted by Gasteiger charge is 2.44. The maximum atomic E-state index is 12.3. The van der Waals surface area contributed by atoms with Crippen LogP contribution in [0.1, 0.15) is 38.8 Å². The van der Waals surface area contributed by atoms with Crippen LogP contribution in [0.5, 0.6) is 0 Å². The Kier molecular flexibility index (Phi) is 3.12. The summed E-state index contributed by atoms with van der Waals surface area (Å²) >= 11 is 0. The summed E-state index contributed by atoms with van der Waals surface area (Å²) in [6.07, 6.45) is 0. The highest BCUT2D eigenvalue weighted by atomic mass is 16.2. The predicted octanol–water partition coefficient (Wildman–Crippen LogP) is 2.80. The lowest BCUT2D eigenvalue weighted by molar-refractivity contribution is -0.128. The van der Waals surface area contributed by atoms with Crippen molar-refractivity contribution in [1.82, 2.24) is 5.32 Å². The minimum Gasteiger partial charge on any atom is -0.355 e. The van der Waals surface area contributed by atoms with E-state index < -0.39 is 5.54 Å². The predicted molar refractivity (Wildman–Crippen MR) is 79.6 cm³/mol. The molecule has 0 aliphatic carbocycles. The minimum absolute atomic E-state index is 0.0860. The van der Waals surface area contributed by atoms with Crippen molar-refractivity contribution >= 4 is 11.6 Å². The first-order chi connectivity index (χ1) is 8.62. The van der Waals surface area contributed by atoms with Crippen molar-refractivity contribution in [2.24, 2.45) is 0 Å². The molecule has 1 saturated heterocycles. The molecule has 0 radical (unpaired) electrons. The molecule has 1 aromatic carbocycles. The standard InChI is InChI=1S/C16H24N2O/c1-11-7-12(2)9-13(8-11)18-10-15(3,4)17-14(19)16(18,5)6/h7-9H,10H2,1-6H3,(H,17,19). The second kappa shape index (κ2) is 4.26. The number of aryl methyl sites for hydroxylation is 2. The lowest BCUT2D eigenvalue weighted by Gasteiger charge is -2.49. The molecule has 0 spiro atoms. The molecule has 1 N–H and O–H groups in total. The lowest BCUT2D eigenvalue weighted by Crippen LogP contribution is -2.69. The maximum Gasteiger partial charge on any atom is 0.245 e. The fourth-order valence-electron chi connectivity index (χ4n) is 2.74. The molecule has 1 aliphatic heterocycles. The first kappa shape index (κ1) is 13.9.